The summed E-state index contributed by atoms with van der Waals surface area (Å²) in [6.07, 6.45) is 3.54. The Morgan fingerprint density at radius 1 is 1.45 bits per heavy atom. The van der Waals surface area contributed by atoms with Gasteiger partial charge in [0.25, 0.3) is 0 Å². The van der Waals surface area contributed by atoms with Crippen LogP contribution in [0, 0.1) is 5.41 Å². The summed E-state index contributed by atoms with van der Waals surface area (Å²) in [5, 5.41) is 0. The lowest BCUT2D eigenvalue weighted by Crippen LogP contribution is -2.36. The van der Waals surface area contributed by atoms with Crippen LogP contribution in [0.15, 0.2) is 0 Å². The van der Waals surface area contributed by atoms with Crippen molar-refractivity contribution in [2.24, 2.45) is 5.41 Å². The van der Waals surface area contributed by atoms with Crippen molar-refractivity contribution in [3.63, 3.8) is 0 Å². The second kappa shape index (κ2) is 3.32. The number of carbonyl (C=O) groups excluding carboxylic acids is 1. The molecule has 1 aliphatic rings. The molecule has 0 aliphatic heterocycles. The first-order valence-electron chi connectivity index (χ1n) is 3.89. The number of alkyl halides is 2. The van der Waals surface area contributed by atoms with Crippen molar-refractivity contribution in [3.05, 3.63) is 0 Å². The molecule has 1 aliphatic carbocycles. The quantitative estimate of drug-likeness (QED) is 0.588. The molecule has 1 saturated carbocycles. The highest BCUT2D eigenvalue weighted by Gasteiger charge is 2.40. The van der Waals surface area contributed by atoms with Gasteiger partial charge in [0.1, 0.15) is 10.6 Å². The molecule has 0 amide bonds. The van der Waals surface area contributed by atoms with Gasteiger partial charge in [-0.3, -0.25) is 4.79 Å². The lowest BCUT2D eigenvalue weighted by Gasteiger charge is -2.32. The predicted molar refractivity (Wildman–Crippen MR) is 47.1 cm³/mol. The van der Waals surface area contributed by atoms with Gasteiger partial charge in [-0.25, -0.2) is 0 Å². The molecule has 1 unspecified atom stereocenters. The topological polar surface area (TPSA) is 17.1 Å². The van der Waals surface area contributed by atoms with Crippen molar-refractivity contribution in [1.82, 2.24) is 0 Å². The third kappa shape index (κ3) is 1.70. The predicted octanol–water partition coefficient (Wildman–Crippen LogP) is 2.94. The molecule has 1 atom stereocenters. The van der Waals surface area contributed by atoms with E-state index in [0.717, 1.165) is 19.3 Å². The standard InChI is InChI=1S/C8H12Cl2O/c1-8(7(9)10)5-3-2-4-6(8)11/h7H,2-5H2,1H3. The molecule has 1 rings (SSSR count). The molecule has 0 saturated heterocycles. The molecule has 0 heterocycles. The Kier molecular flexibility index (Phi) is 2.82. The molecule has 0 radical (unpaired) electrons. The summed E-state index contributed by atoms with van der Waals surface area (Å²) < 4.78 is 0. The molecule has 0 aromatic carbocycles. The van der Waals surface area contributed by atoms with Crippen molar-refractivity contribution in [2.45, 2.75) is 37.4 Å². The van der Waals surface area contributed by atoms with Gasteiger partial charge >= 0.3 is 0 Å². The molecule has 1 fully saturated rings. The Labute approximate surface area is 77.1 Å². The third-order valence-corrected chi connectivity index (χ3v) is 3.43. The normalized spacial score (nSPS) is 32.9. The number of halogens is 2. The van der Waals surface area contributed by atoms with Crippen LogP contribution in [0.4, 0.5) is 0 Å². The van der Waals surface area contributed by atoms with Crippen LogP contribution in [0.3, 0.4) is 0 Å². The van der Waals surface area contributed by atoms with E-state index >= 15 is 0 Å². The molecule has 3 heteroatoms. The molecular formula is C8H12Cl2O. The average molecular weight is 195 g/mol. The fraction of sp³-hybridized carbons (Fsp3) is 0.875. The molecule has 64 valence electrons. The van der Waals surface area contributed by atoms with Gasteiger partial charge < -0.3 is 0 Å². The van der Waals surface area contributed by atoms with Crippen molar-refractivity contribution in [2.75, 3.05) is 0 Å². The van der Waals surface area contributed by atoms with Gasteiger partial charge in [0, 0.05) is 6.42 Å². The van der Waals surface area contributed by atoms with E-state index in [1.54, 1.807) is 0 Å². The van der Waals surface area contributed by atoms with E-state index in [1.807, 2.05) is 6.92 Å². The molecule has 11 heavy (non-hydrogen) atoms. The van der Waals surface area contributed by atoms with Crippen molar-refractivity contribution >= 4 is 29.0 Å². The van der Waals surface area contributed by atoms with E-state index in [2.05, 4.69) is 0 Å². The Hall–Kier alpha value is 0.250. The van der Waals surface area contributed by atoms with Crippen LogP contribution in [-0.4, -0.2) is 10.6 Å². The summed E-state index contributed by atoms with van der Waals surface area (Å²) >= 11 is 11.5. The number of ketones is 1. The summed E-state index contributed by atoms with van der Waals surface area (Å²) in [6.45, 7) is 1.86. The fourth-order valence-corrected chi connectivity index (χ4v) is 1.90. The smallest absolute Gasteiger partial charge is 0.141 e. The van der Waals surface area contributed by atoms with Gasteiger partial charge in [-0.15, -0.1) is 23.2 Å². The second-order valence-corrected chi connectivity index (χ2v) is 4.44. The number of carbonyl (C=O) groups is 1. The van der Waals surface area contributed by atoms with Crippen LogP contribution in [0.2, 0.25) is 0 Å². The summed E-state index contributed by atoms with van der Waals surface area (Å²) in [4.78, 5) is 10.8. The van der Waals surface area contributed by atoms with Gasteiger partial charge in [0.05, 0.1) is 5.41 Å². The highest BCUT2D eigenvalue weighted by atomic mass is 35.5. The average Bonchev–Trinajstić information content (AvgIpc) is 1.95. The van der Waals surface area contributed by atoms with E-state index in [1.165, 1.54) is 0 Å². The van der Waals surface area contributed by atoms with Crippen LogP contribution in [0.1, 0.15) is 32.6 Å². The van der Waals surface area contributed by atoms with Gasteiger partial charge in [-0.2, -0.15) is 0 Å². The third-order valence-electron chi connectivity index (χ3n) is 2.47. The molecule has 0 aromatic heterocycles. The zero-order valence-corrected chi connectivity index (χ0v) is 8.08. The zero-order valence-electron chi connectivity index (χ0n) is 6.57. The van der Waals surface area contributed by atoms with Crippen LogP contribution >= 0.6 is 23.2 Å². The molecule has 1 nitrogen and oxygen atoms in total. The highest BCUT2D eigenvalue weighted by molar-refractivity contribution is 6.46. The minimum Gasteiger partial charge on any atom is -0.299 e. The van der Waals surface area contributed by atoms with E-state index in [9.17, 15) is 4.79 Å². The summed E-state index contributed by atoms with van der Waals surface area (Å²) in [7, 11) is 0. The van der Waals surface area contributed by atoms with E-state index in [0.29, 0.717) is 6.42 Å². The Balaban J connectivity index is 2.73. The maximum Gasteiger partial charge on any atom is 0.141 e. The molecule has 0 aromatic rings. The van der Waals surface area contributed by atoms with Gasteiger partial charge in [-0.1, -0.05) is 13.3 Å². The Morgan fingerprint density at radius 3 is 2.45 bits per heavy atom. The van der Waals surface area contributed by atoms with Crippen LogP contribution in [0.5, 0.6) is 0 Å². The van der Waals surface area contributed by atoms with Gasteiger partial charge in [-0.05, 0) is 12.8 Å². The van der Waals surface area contributed by atoms with Crippen molar-refractivity contribution in [3.8, 4) is 0 Å². The minimum absolute atomic E-state index is 0.221. The maximum absolute atomic E-state index is 11.4. The SMILES string of the molecule is CC1(C(Cl)Cl)CCCCC1=O. The molecule has 0 N–H and O–H groups in total. The Morgan fingerprint density at radius 2 is 2.09 bits per heavy atom. The minimum atomic E-state index is -0.546. The first-order chi connectivity index (χ1) is 5.07. The first kappa shape index (κ1) is 9.34. The molecule has 0 spiro atoms. The van der Waals surface area contributed by atoms with Gasteiger partial charge in [0.2, 0.25) is 0 Å². The van der Waals surface area contributed by atoms with E-state index < -0.39 is 10.3 Å². The maximum atomic E-state index is 11.4. The highest BCUT2D eigenvalue weighted by Crippen LogP contribution is 2.40. The van der Waals surface area contributed by atoms with Crippen molar-refractivity contribution < 1.29 is 4.79 Å². The van der Waals surface area contributed by atoms with Gasteiger partial charge in [0.15, 0.2) is 0 Å². The lowest BCUT2D eigenvalue weighted by atomic mass is 9.76. The van der Waals surface area contributed by atoms with E-state index in [4.69, 9.17) is 23.2 Å². The number of hydrogen-bond donors (Lipinski definition) is 0. The Bertz CT molecular complexity index is 167. The number of Topliss-reactive ketones (excluding diaryl/α,β-unsaturated/α-hetero) is 1. The number of rotatable bonds is 1. The number of hydrogen-bond acceptors (Lipinski definition) is 1. The summed E-state index contributed by atoms with van der Waals surface area (Å²) in [5.74, 6) is 0.221. The molecule has 0 bridgehead atoms. The summed E-state index contributed by atoms with van der Waals surface area (Å²) in [5.41, 5.74) is -0.471. The summed E-state index contributed by atoms with van der Waals surface area (Å²) in [6, 6.07) is 0. The fourth-order valence-electron chi connectivity index (χ4n) is 1.43. The second-order valence-electron chi connectivity index (χ2n) is 3.35. The largest absolute Gasteiger partial charge is 0.299 e. The van der Waals surface area contributed by atoms with E-state index in [-0.39, 0.29) is 5.78 Å². The van der Waals surface area contributed by atoms with Crippen molar-refractivity contribution in [1.29, 1.82) is 0 Å². The monoisotopic (exact) mass is 194 g/mol. The lowest BCUT2D eigenvalue weighted by molar-refractivity contribution is -0.129. The zero-order chi connectivity index (χ0) is 8.48. The first-order valence-corrected chi connectivity index (χ1v) is 4.76. The molecular weight excluding hydrogens is 183 g/mol. The van der Waals surface area contributed by atoms with Crippen LogP contribution in [-0.2, 0) is 4.79 Å². The van der Waals surface area contributed by atoms with Crippen LogP contribution < -0.4 is 0 Å². The van der Waals surface area contributed by atoms with Crippen LogP contribution in [0.25, 0.3) is 0 Å².